The normalized spacial score (nSPS) is 16.7. The standard InChI is InChI=1S/C29H37ClN8O/c1-3-31-28(39)22-9-5-6-10-25(22)34-27-23(30)19-32-29(36-27)35-24-11-12-26(33-20(24)2)38-17-13-21(14-18-38)37-15-7-4-8-16-37/h5-6,9-12,19,21H,3-4,7-8,13-18H2,1-2H3,(H,31,39)(H2,32,34,35,36)/p+1. The maximum Gasteiger partial charge on any atom is 0.332 e. The van der Waals surface area contributed by atoms with Crippen molar-refractivity contribution >= 4 is 46.5 Å². The highest BCUT2D eigenvalue weighted by Crippen LogP contribution is 2.27. The Morgan fingerprint density at radius 3 is 2.56 bits per heavy atom. The fourth-order valence-electron chi connectivity index (χ4n) is 5.48. The highest BCUT2D eigenvalue weighted by atomic mass is 35.5. The van der Waals surface area contributed by atoms with Gasteiger partial charge in [-0.25, -0.2) is 10.3 Å². The van der Waals surface area contributed by atoms with Gasteiger partial charge in [0.2, 0.25) is 0 Å². The van der Waals surface area contributed by atoms with Gasteiger partial charge < -0.3 is 20.4 Å². The summed E-state index contributed by atoms with van der Waals surface area (Å²) in [7, 11) is 0. The summed E-state index contributed by atoms with van der Waals surface area (Å²) in [6.07, 6.45) is 8.04. The maximum atomic E-state index is 12.5. The summed E-state index contributed by atoms with van der Waals surface area (Å²) in [5.74, 6) is 1.82. The van der Waals surface area contributed by atoms with Crippen molar-refractivity contribution in [1.29, 1.82) is 0 Å². The van der Waals surface area contributed by atoms with Gasteiger partial charge in [-0.1, -0.05) is 30.2 Å². The van der Waals surface area contributed by atoms with Gasteiger partial charge in [0.1, 0.15) is 16.5 Å². The molecule has 0 aliphatic carbocycles. The van der Waals surface area contributed by atoms with Crippen LogP contribution in [0.2, 0.25) is 5.02 Å². The molecule has 2 aliphatic heterocycles. The summed E-state index contributed by atoms with van der Waals surface area (Å²) < 4.78 is 0. The van der Waals surface area contributed by atoms with E-state index in [0.29, 0.717) is 40.6 Å². The summed E-state index contributed by atoms with van der Waals surface area (Å²) in [5.41, 5.74) is 3.04. The highest BCUT2D eigenvalue weighted by Gasteiger charge is 2.26. The average molecular weight is 550 g/mol. The van der Waals surface area contributed by atoms with E-state index in [-0.39, 0.29) is 5.91 Å². The van der Waals surface area contributed by atoms with Crippen LogP contribution in [0.1, 0.15) is 55.1 Å². The molecule has 0 unspecified atom stereocenters. The third-order valence-electron chi connectivity index (χ3n) is 7.62. The third kappa shape index (κ3) is 6.66. The lowest BCUT2D eigenvalue weighted by molar-refractivity contribution is -0.488. The molecule has 3 aromatic rings. The monoisotopic (exact) mass is 549 g/mol. The van der Waals surface area contributed by atoms with E-state index in [4.69, 9.17) is 16.6 Å². The van der Waals surface area contributed by atoms with Crippen molar-refractivity contribution in [3.05, 3.63) is 58.9 Å². The van der Waals surface area contributed by atoms with Crippen molar-refractivity contribution in [2.75, 3.05) is 42.9 Å². The number of hydrogen-bond acceptors (Lipinski definition) is 7. The van der Waals surface area contributed by atoms with E-state index in [0.717, 1.165) is 30.3 Å². The number of nitrogens with one attached hydrogen (secondary N) is 2. The molecule has 206 valence electrons. The molecule has 2 aliphatic rings. The number of rotatable bonds is 8. The van der Waals surface area contributed by atoms with Gasteiger partial charge in [-0.3, -0.25) is 4.79 Å². The number of nitrogens with zero attached hydrogens (tertiary/aromatic N) is 5. The van der Waals surface area contributed by atoms with Crippen LogP contribution in [0.25, 0.3) is 0 Å². The lowest BCUT2D eigenvalue weighted by atomic mass is 10.00. The van der Waals surface area contributed by atoms with Crippen molar-refractivity contribution in [1.82, 2.24) is 25.2 Å². The van der Waals surface area contributed by atoms with E-state index in [9.17, 15) is 4.79 Å². The summed E-state index contributed by atoms with van der Waals surface area (Å²) in [6, 6.07) is 12.2. The summed E-state index contributed by atoms with van der Waals surface area (Å²) in [4.78, 5) is 31.6. The number of hydrogen-bond donors (Lipinski definition) is 3. The number of carbonyl (C=O) groups excluding carboxylic acids is 1. The molecule has 0 spiro atoms. The van der Waals surface area contributed by atoms with E-state index in [1.807, 2.05) is 37.4 Å². The molecule has 0 atom stereocenters. The zero-order valence-corrected chi connectivity index (χ0v) is 23.5. The Balaban J connectivity index is 1.25. The van der Waals surface area contributed by atoms with E-state index in [2.05, 4.69) is 42.5 Å². The van der Waals surface area contributed by atoms with Crippen molar-refractivity contribution in [2.45, 2.75) is 52.0 Å². The number of pyridine rings is 1. The Morgan fingerprint density at radius 1 is 1.05 bits per heavy atom. The quantitative estimate of drug-likeness (QED) is 0.385. The second-order valence-electron chi connectivity index (χ2n) is 10.3. The molecule has 2 saturated heterocycles. The lowest BCUT2D eigenvalue weighted by Gasteiger charge is -2.40. The molecule has 1 aromatic carbocycles. The molecule has 5 rings (SSSR count). The SMILES string of the molecule is CCNC(=O)c1ccccc1Nc1nc([NH2+]c2ccc(N3CCC(N4CCCCC4)CC3)nc2C)ncc1Cl. The minimum Gasteiger partial charge on any atom is -0.356 e. The lowest BCUT2D eigenvalue weighted by Crippen LogP contribution is -2.72. The van der Waals surface area contributed by atoms with E-state index in [1.165, 1.54) is 45.2 Å². The number of quaternary nitrogens is 1. The first-order chi connectivity index (χ1) is 19.0. The first-order valence-electron chi connectivity index (χ1n) is 14.0. The van der Waals surface area contributed by atoms with Gasteiger partial charge in [0.25, 0.3) is 5.91 Å². The molecule has 4 heterocycles. The largest absolute Gasteiger partial charge is 0.356 e. The summed E-state index contributed by atoms with van der Waals surface area (Å²) in [6.45, 7) is 9.07. The van der Waals surface area contributed by atoms with Crippen molar-refractivity contribution < 1.29 is 10.1 Å². The number of likely N-dealkylation sites (tertiary alicyclic amines) is 1. The first kappa shape index (κ1) is 27.3. The molecule has 2 fully saturated rings. The van der Waals surface area contributed by atoms with Gasteiger partial charge in [0.15, 0.2) is 11.5 Å². The molecule has 4 N–H and O–H groups in total. The molecule has 0 radical (unpaired) electrons. The molecule has 2 aromatic heterocycles. The molecule has 0 saturated carbocycles. The molecule has 1 amide bonds. The fourth-order valence-corrected chi connectivity index (χ4v) is 5.62. The predicted molar refractivity (Wildman–Crippen MR) is 156 cm³/mol. The third-order valence-corrected chi connectivity index (χ3v) is 7.89. The number of amides is 1. The number of aromatic nitrogens is 3. The van der Waals surface area contributed by atoms with Crippen LogP contribution in [-0.2, 0) is 0 Å². The average Bonchev–Trinajstić information content (AvgIpc) is 2.97. The van der Waals surface area contributed by atoms with E-state index in [1.54, 1.807) is 12.3 Å². The van der Waals surface area contributed by atoms with Crippen LogP contribution >= 0.6 is 11.6 Å². The van der Waals surface area contributed by atoms with Crippen molar-refractivity contribution in [3.8, 4) is 0 Å². The van der Waals surface area contributed by atoms with Gasteiger partial charge in [-0.15, -0.1) is 0 Å². The second kappa shape index (κ2) is 12.7. The van der Waals surface area contributed by atoms with Gasteiger partial charge in [-0.2, -0.15) is 9.97 Å². The summed E-state index contributed by atoms with van der Waals surface area (Å²) in [5, 5.41) is 8.33. The second-order valence-corrected chi connectivity index (χ2v) is 10.7. The van der Waals surface area contributed by atoms with Crippen LogP contribution in [0, 0.1) is 6.92 Å². The first-order valence-corrected chi connectivity index (χ1v) is 14.4. The molecule has 10 heteroatoms. The minimum absolute atomic E-state index is 0.157. The Labute approximate surface area is 235 Å². The van der Waals surface area contributed by atoms with Crippen LogP contribution < -0.4 is 20.9 Å². The minimum atomic E-state index is -0.157. The van der Waals surface area contributed by atoms with Crippen LogP contribution in [0.15, 0.2) is 42.6 Å². The van der Waals surface area contributed by atoms with E-state index < -0.39 is 0 Å². The predicted octanol–water partition coefficient (Wildman–Crippen LogP) is 4.31. The zero-order chi connectivity index (χ0) is 27.2. The van der Waals surface area contributed by atoms with Crippen LogP contribution in [0.3, 0.4) is 0 Å². The number of piperidine rings is 2. The Bertz CT molecular complexity index is 1290. The highest BCUT2D eigenvalue weighted by molar-refractivity contribution is 6.33. The molecule has 9 nitrogen and oxygen atoms in total. The Hall–Kier alpha value is -3.27. The summed E-state index contributed by atoms with van der Waals surface area (Å²) >= 11 is 6.42. The van der Waals surface area contributed by atoms with Gasteiger partial charge >= 0.3 is 5.95 Å². The van der Waals surface area contributed by atoms with Gasteiger partial charge in [-0.05, 0) is 70.8 Å². The van der Waals surface area contributed by atoms with Crippen molar-refractivity contribution in [3.63, 3.8) is 0 Å². The van der Waals surface area contributed by atoms with Crippen LogP contribution in [0.4, 0.5) is 29.0 Å². The molecular formula is C29H38ClN8O+. The van der Waals surface area contributed by atoms with Crippen LogP contribution in [-0.4, -0.2) is 64.5 Å². The van der Waals surface area contributed by atoms with Gasteiger partial charge in [0.05, 0.1) is 17.4 Å². The van der Waals surface area contributed by atoms with Crippen LogP contribution in [0.5, 0.6) is 0 Å². The number of carbonyl (C=O) groups is 1. The molecule has 39 heavy (non-hydrogen) atoms. The number of anilines is 3. The fraction of sp³-hybridized carbons (Fsp3) is 0.448. The van der Waals surface area contributed by atoms with Gasteiger partial charge in [0, 0.05) is 31.7 Å². The number of benzene rings is 1. The smallest absolute Gasteiger partial charge is 0.332 e. The van der Waals surface area contributed by atoms with Crippen molar-refractivity contribution in [2.24, 2.45) is 0 Å². The molecule has 0 bridgehead atoms. The molecular weight excluding hydrogens is 512 g/mol. The zero-order valence-electron chi connectivity index (χ0n) is 22.8. The number of aryl methyl sites for hydroxylation is 1. The van der Waals surface area contributed by atoms with E-state index >= 15 is 0 Å². The maximum absolute atomic E-state index is 12.5. The topological polar surface area (TPSA) is 103 Å². The Morgan fingerprint density at radius 2 is 1.82 bits per heavy atom. The number of halogens is 1. The number of nitrogens with two attached hydrogens (primary N) is 1. The number of para-hydroxylation sites is 1. The Kier molecular flexibility index (Phi) is 8.91.